The van der Waals surface area contributed by atoms with Crippen molar-refractivity contribution in [3.63, 3.8) is 0 Å². The molecular weight excluding hydrogens is 268 g/mol. The van der Waals surface area contributed by atoms with Gasteiger partial charge in [0.15, 0.2) is 0 Å². The van der Waals surface area contributed by atoms with Crippen LogP contribution in [-0.4, -0.2) is 18.5 Å². The second-order valence-electron chi connectivity index (χ2n) is 4.21. The van der Waals surface area contributed by atoms with E-state index in [9.17, 15) is 9.59 Å². The Balaban J connectivity index is 2.07. The maximum absolute atomic E-state index is 11.9. The molecule has 5 heteroatoms. The number of hydrazine groups is 1. The van der Waals surface area contributed by atoms with Gasteiger partial charge in [-0.05, 0) is 31.2 Å². The zero-order valence-corrected chi connectivity index (χ0v) is 11.6. The van der Waals surface area contributed by atoms with E-state index in [-0.39, 0.29) is 5.91 Å². The Morgan fingerprint density at radius 2 is 1.67 bits per heavy atom. The fourth-order valence-corrected chi connectivity index (χ4v) is 1.76. The van der Waals surface area contributed by atoms with Crippen LogP contribution in [0.5, 0.6) is 0 Å². The van der Waals surface area contributed by atoms with Crippen molar-refractivity contribution in [2.45, 2.75) is 6.92 Å². The van der Waals surface area contributed by atoms with Crippen LogP contribution in [0.25, 0.3) is 0 Å². The number of nitrogens with one attached hydrogen (secondary N) is 2. The lowest BCUT2D eigenvalue weighted by Gasteiger charge is -2.12. The van der Waals surface area contributed by atoms with E-state index in [4.69, 9.17) is 4.74 Å². The van der Waals surface area contributed by atoms with Crippen molar-refractivity contribution in [1.82, 2.24) is 5.43 Å². The van der Waals surface area contributed by atoms with Crippen LogP contribution in [-0.2, 0) is 4.74 Å². The number of hydrogen-bond acceptors (Lipinski definition) is 4. The summed E-state index contributed by atoms with van der Waals surface area (Å²) in [4.78, 5) is 23.7. The molecule has 0 bridgehead atoms. The number of anilines is 1. The third-order valence-electron chi connectivity index (χ3n) is 2.77. The van der Waals surface area contributed by atoms with Gasteiger partial charge in [0, 0.05) is 5.56 Å². The molecule has 0 saturated heterocycles. The normalized spacial score (nSPS) is 9.76. The number of benzene rings is 2. The summed E-state index contributed by atoms with van der Waals surface area (Å²) in [6.07, 6.45) is 0. The second-order valence-corrected chi connectivity index (χ2v) is 4.21. The van der Waals surface area contributed by atoms with Crippen LogP contribution in [0.4, 0.5) is 5.69 Å². The highest BCUT2D eigenvalue weighted by Gasteiger charge is 2.12. The minimum absolute atomic E-state index is 0.283. The van der Waals surface area contributed by atoms with Crippen LogP contribution in [0.1, 0.15) is 27.6 Å². The van der Waals surface area contributed by atoms with Gasteiger partial charge >= 0.3 is 5.97 Å². The molecule has 0 saturated carbocycles. The summed E-state index contributed by atoms with van der Waals surface area (Å²) >= 11 is 0. The smallest absolute Gasteiger partial charge is 0.340 e. The van der Waals surface area contributed by atoms with E-state index in [1.165, 1.54) is 0 Å². The molecule has 2 N–H and O–H groups in total. The molecule has 1 amide bonds. The van der Waals surface area contributed by atoms with E-state index in [0.717, 1.165) is 0 Å². The Kier molecular flexibility index (Phi) is 4.93. The molecule has 0 aliphatic rings. The number of amides is 1. The van der Waals surface area contributed by atoms with Gasteiger partial charge in [0.1, 0.15) is 0 Å². The molecule has 0 aliphatic heterocycles. The summed E-state index contributed by atoms with van der Waals surface area (Å²) in [6, 6.07) is 15.6. The summed E-state index contributed by atoms with van der Waals surface area (Å²) in [7, 11) is 0. The number of rotatable bonds is 5. The maximum Gasteiger partial charge on any atom is 0.340 e. The Morgan fingerprint density at radius 1 is 1.00 bits per heavy atom. The third-order valence-corrected chi connectivity index (χ3v) is 2.77. The number of carbonyl (C=O) groups excluding carboxylic acids is 2. The van der Waals surface area contributed by atoms with Crippen LogP contribution in [0.15, 0.2) is 54.6 Å². The van der Waals surface area contributed by atoms with Crippen LogP contribution in [0.3, 0.4) is 0 Å². The van der Waals surface area contributed by atoms with Gasteiger partial charge in [-0.3, -0.25) is 15.6 Å². The molecular formula is C16H16N2O3. The number of carbonyl (C=O) groups is 2. The highest BCUT2D eigenvalue weighted by molar-refractivity contribution is 5.98. The lowest BCUT2D eigenvalue weighted by atomic mass is 10.2. The highest BCUT2D eigenvalue weighted by atomic mass is 16.5. The Hall–Kier alpha value is -2.82. The number of hydrogen-bond donors (Lipinski definition) is 2. The topological polar surface area (TPSA) is 67.4 Å². The monoisotopic (exact) mass is 284 g/mol. The van der Waals surface area contributed by atoms with Gasteiger partial charge in [0.25, 0.3) is 5.91 Å². The average molecular weight is 284 g/mol. The Labute approximate surface area is 122 Å². The molecule has 0 unspecified atom stereocenters. The molecule has 0 fully saturated rings. The van der Waals surface area contributed by atoms with Crippen LogP contribution >= 0.6 is 0 Å². The number of para-hydroxylation sites is 1. The minimum atomic E-state index is -0.436. The lowest BCUT2D eigenvalue weighted by Crippen LogP contribution is -2.30. The zero-order valence-electron chi connectivity index (χ0n) is 11.6. The van der Waals surface area contributed by atoms with E-state index in [1.54, 1.807) is 55.5 Å². The summed E-state index contributed by atoms with van der Waals surface area (Å²) < 4.78 is 4.97. The quantitative estimate of drug-likeness (QED) is 0.654. The predicted molar refractivity (Wildman–Crippen MR) is 79.9 cm³/mol. The first-order valence-corrected chi connectivity index (χ1v) is 6.60. The zero-order chi connectivity index (χ0) is 15.1. The van der Waals surface area contributed by atoms with Gasteiger partial charge in [-0.2, -0.15) is 0 Å². The first-order chi connectivity index (χ1) is 10.2. The van der Waals surface area contributed by atoms with E-state index < -0.39 is 5.97 Å². The molecule has 0 spiro atoms. The summed E-state index contributed by atoms with van der Waals surface area (Å²) in [6.45, 7) is 2.04. The standard InChI is InChI=1S/C16H16N2O3/c1-2-21-16(20)13-10-6-7-11-14(13)17-18-15(19)12-8-4-3-5-9-12/h3-11,17H,2H2,1H3,(H,18,19). The molecule has 2 rings (SSSR count). The molecule has 0 radical (unpaired) electrons. The molecule has 0 atom stereocenters. The van der Waals surface area contributed by atoms with E-state index in [1.807, 2.05) is 6.07 Å². The maximum atomic E-state index is 11.9. The first-order valence-electron chi connectivity index (χ1n) is 6.60. The second kappa shape index (κ2) is 7.09. The summed E-state index contributed by atoms with van der Waals surface area (Å²) in [5.74, 6) is -0.719. The first kappa shape index (κ1) is 14.6. The summed E-state index contributed by atoms with van der Waals surface area (Å²) in [5.41, 5.74) is 6.69. The van der Waals surface area contributed by atoms with Crippen molar-refractivity contribution in [3.8, 4) is 0 Å². The van der Waals surface area contributed by atoms with E-state index >= 15 is 0 Å². The van der Waals surface area contributed by atoms with Gasteiger partial charge < -0.3 is 4.74 Å². The SMILES string of the molecule is CCOC(=O)c1ccccc1NNC(=O)c1ccccc1. The fourth-order valence-electron chi connectivity index (χ4n) is 1.76. The van der Waals surface area contributed by atoms with Gasteiger partial charge in [0.2, 0.25) is 0 Å². The Morgan fingerprint density at radius 3 is 2.38 bits per heavy atom. The minimum Gasteiger partial charge on any atom is -0.462 e. The van der Waals surface area contributed by atoms with Crippen LogP contribution in [0.2, 0.25) is 0 Å². The van der Waals surface area contributed by atoms with Gasteiger partial charge in [-0.15, -0.1) is 0 Å². The highest BCUT2D eigenvalue weighted by Crippen LogP contribution is 2.15. The molecule has 5 nitrogen and oxygen atoms in total. The fraction of sp³-hybridized carbons (Fsp3) is 0.125. The third kappa shape index (κ3) is 3.82. The number of esters is 1. The van der Waals surface area contributed by atoms with Crippen molar-refractivity contribution in [1.29, 1.82) is 0 Å². The Bertz CT molecular complexity index is 626. The average Bonchev–Trinajstić information content (AvgIpc) is 2.54. The molecule has 0 aromatic heterocycles. The van der Waals surface area contributed by atoms with Crippen molar-refractivity contribution < 1.29 is 14.3 Å². The largest absolute Gasteiger partial charge is 0.462 e. The van der Waals surface area contributed by atoms with Crippen molar-refractivity contribution >= 4 is 17.6 Å². The van der Waals surface area contributed by atoms with Gasteiger partial charge in [0.05, 0.1) is 17.9 Å². The molecule has 108 valence electrons. The van der Waals surface area contributed by atoms with Crippen LogP contribution < -0.4 is 10.9 Å². The molecule has 0 heterocycles. The van der Waals surface area contributed by atoms with E-state index in [2.05, 4.69) is 10.9 Å². The van der Waals surface area contributed by atoms with Gasteiger partial charge in [-0.1, -0.05) is 30.3 Å². The molecule has 21 heavy (non-hydrogen) atoms. The van der Waals surface area contributed by atoms with Crippen molar-refractivity contribution in [3.05, 3.63) is 65.7 Å². The van der Waals surface area contributed by atoms with E-state index in [0.29, 0.717) is 23.4 Å². The van der Waals surface area contributed by atoms with Crippen molar-refractivity contribution in [2.75, 3.05) is 12.0 Å². The molecule has 0 aliphatic carbocycles. The molecule has 2 aromatic rings. The predicted octanol–water partition coefficient (Wildman–Crippen LogP) is 2.62. The van der Waals surface area contributed by atoms with Crippen molar-refractivity contribution in [2.24, 2.45) is 0 Å². The molecule has 2 aromatic carbocycles. The summed E-state index contributed by atoms with van der Waals surface area (Å²) in [5, 5.41) is 0. The van der Waals surface area contributed by atoms with Gasteiger partial charge in [-0.25, -0.2) is 4.79 Å². The lowest BCUT2D eigenvalue weighted by molar-refractivity contribution is 0.0527. The number of ether oxygens (including phenoxy) is 1. The van der Waals surface area contributed by atoms with Crippen LogP contribution in [0, 0.1) is 0 Å².